The predicted octanol–water partition coefficient (Wildman–Crippen LogP) is 4.56. The molecule has 0 heterocycles. The number of aliphatic carboxylic acids is 1. The van der Waals surface area contributed by atoms with Crippen LogP contribution in [0, 0.1) is 0 Å². The van der Waals surface area contributed by atoms with Gasteiger partial charge in [-0.05, 0) is 13.3 Å². The molecule has 0 aliphatic heterocycles. The zero-order valence-corrected chi connectivity index (χ0v) is 18.1. The average molecular weight is 399 g/mol. The highest BCUT2D eigenvalue weighted by atomic mass is 16.4. The van der Waals surface area contributed by atoms with Crippen molar-refractivity contribution in [2.24, 2.45) is 0 Å². The third-order valence-corrected chi connectivity index (χ3v) is 4.93. The van der Waals surface area contributed by atoms with Gasteiger partial charge < -0.3 is 15.7 Å². The van der Waals surface area contributed by atoms with E-state index >= 15 is 0 Å². The fraction of sp³-hybridized carbons (Fsp3) is 0.864. The van der Waals surface area contributed by atoms with Gasteiger partial charge in [-0.2, -0.15) is 0 Å². The minimum Gasteiger partial charge on any atom is -0.480 e. The molecule has 0 rings (SSSR count). The van der Waals surface area contributed by atoms with Gasteiger partial charge in [0.1, 0.15) is 6.04 Å². The van der Waals surface area contributed by atoms with Crippen LogP contribution in [0.2, 0.25) is 0 Å². The Morgan fingerprint density at radius 2 is 1.18 bits per heavy atom. The molecule has 0 aromatic rings. The van der Waals surface area contributed by atoms with Crippen molar-refractivity contribution in [2.75, 3.05) is 6.54 Å². The molecule has 0 aliphatic carbocycles. The standard InChI is InChI=1S/C22H42N2O4/c1-3-4-5-6-7-8-9-10-11-12-13-14-15-16-20(25)23-18-17-21(26)24-19(2)22(27)28/h19H,3-18H2,1-2H3,(H,23,25)(H,24,26)(H,27,28). The van der Waals surface area contributed by atoms with Gasteiger partial charge in [0.15, 0.2) is 0 Å². The van der Waals surface area contributed by atoms with Crippen LogP contribution in [-0.4, -0.2) is 35.5 Å². The van der Waals surface area contributed by atoms with E-state index in [0.29, 0.717) is 6.42 Å². The zero-order valence-electron chi connectivity index (χ0n) is 18.1. The molecule has 28 heavy (non-hydrogen) atoms. The van der Waals surface area contributed by atoms with E-state index < -0.39 is 12.0 Å². The molecule has 0 fully saturated rings. The van der Waals surface area contributed by atoms with Crippen molar-refractivity contribution < 1.29 is 19.5 Å². The Bertz CT molecular complexity index is 427. The molecule has 0 saturated carbocycles. The summed E-state index contributed by atoms with van der Waals surface area (Å²) < 4.78 is 0. The molecular weight excluding hydrogens is 356 g/mol. The van der Waals surface area contributed by atoms with E-state index in [2.05, 4.69) is 17.6 Å². The van der Waals surface area contributed by atoms with E-state index in [1.54, 1.807) is 0 Å². The molecule has 1 unspecified atom stereocenters. The number of rotatable bonds is 19. The first kappa shape index (κ1) is 26.4. The minimum absolute atomic E-state index is 0.0397. The van der Waals surface area contributed by atoms with Crippen molar-refractivity contribution in [3.63, 3.8) is 0 Å². The van der Waals surface area contributed by atoms with Crippen LogP contribution in [0.5, 0.6) is 0 Å². The molecule has 0 spiro atoms. The summed E-state index contributed by atoms with van der Waals surface area (Å²) in [5.74, 6) is -1.47. The number of nitrogens with one attached hydrogen (secondary N) is 2. The Hall–Kier alpha value is -1.59. The Morgan fingerprint density at radius 3 is 1.64 bits per heavy atom. The number of unbranched alkanes of at least 4 members (excludes halogenated alkanes) is 12. The van der Waals surface area contributed by atoms with Gasteiger partial charge in [0, 0.05) is 19.4 Å². The smallest absolute Gasteiger partial charge is 0.325 e. The maximum absolute atomic E-state index is 11.7. The summed E-state index contributed by atoms with van der Waals surface area (Å²) in [5.41, 5.74) is 0. The van der Waals surface area contributed by atoms with Gasteiger partial charge in [0.25, 0.3) is 0 Å². The summed E-state index contributed by atoms with van der Waals surface area (Å²) >= 11 is 0. The van der Waals surface area contributed by atoms with E-state index in [1.807, 2.05) is 0 Å². The van der Waals surface area contributed by atoms with Gasteiger partial charge in [-0.15, -0.1) is 0 Å². The fourth-order valence-corrected chi connectivity index (χ4v) is 3.08. The minimum atomic E-state index is -1.07. The molecule has 3 N–H and O–H groups in total. The first-order valence-electron chi connectivity index (χ1n) is 11.3. The Morgan fingerprint density at radius 1 is 0.714 bits per heavy atom. The number of carboxylic acids is 1. The van der Waals surface area contributed by atoms with Crippen LogP contribution in [0.15, 0.2) is 0 Å². The van der Waals surface area contributed by atoms with Crippen molar-refractivity contribution in [2.45, 2.75) is 116 Å². The lowest BCUT2D eigenvalue weighted by Crippen LogP contribution is -2.39. The van der Waals surface area contributed by atoms with Gasteiger partial charge >= 0.3 is 5.97 Å². The van der Waals surface area contributed by atoms with Crippen LogP contribution in [0.25, 0.3) is 0 Å². The van der Waals surface area contributed by atoms with Crippen LogP contribution in [0.3, 0.4) is 0 Å². The van der Waals surface area contributed by atoms with Crippen LogP contribution < -0.4 is 10.6 Å². The molecule has 6 nitrogen and oxygen atoms in total. The summed E-state index contributed by atoms with van der Waals surface area (Å²) in [6.07, 6.45) is 17.2. The molecule has 0 aromatic heterocycles. The van der Waals surface area contributed by atoms with Gasteiger partial charge in [-0.25, -0.2) is 0 Å². The number of carbonyl (C=O) groups is 3. The Labute approximate surface area is 171 Å². The first-order valence-corrected chi connectivity index (χ1v) is 11.3. The normalized spacial score (nSPS) is 11.8. The Kier molecular flexibility index (Phi) is 17.7. The predicted molar refractivity (Wildman–Crippen MR) is 113 cm³/mol. The first-order chi connectivity index (χ1) is 13.5. The van der Waals surface area contributed by atoms with Crippen molar-refractivity contribution in [3.05, 3.63) is 0 Å². The van der Waals surface area contributed by atoms with Gasteiger partial charge in [0.05, 0.1) is 0 Å². The molecule has 0 saturated heterocycles. The van der Waals surface area contributed by atoms with Crippen LogP contribution in [0.1, 0.15) is 110 Å². The summed E-state index contributed by atoms with van der Waals surface area (Å²) in [6, 6.07) is -0.908. The zero-order chi connectivity index (χ0) is 21.0. The molecule has 0 radical (unpaired) electrons. The molecule has 0 bridgehead atoms. The van der Waals surface area contributed by atoms with E-state index in [0.717, 1.165) is 12.8 Å². The SMILES string of the molecule is CCCCCCCCCCCCCCCC(=O)NCCC(=O)NC(C)C(=O)O. The number of hydrogen-bond acceptors (Lipinski definition) is 3. The van der Waals surface area contributed by atoms with Crippen molar-refractivity contribution >= 4 is 17.8 Å². The summed E-state index contributed by atoms with van der Waals surface area (Å²) in [4.78, 5) is 33.9. The van der Waals surface area contributed by atoms with Crippen molar-refractivity contribution in [1.29, 1.82) is 0 Å². The maximum Gasteiger partial charge on any atom is 0.325 e. The van der Waals surface area contributed by atoms with E-state index in [-0.39, 0.29) is 24.8 Å². The lowest BCUT2D eigenvalue weighted by Gasteiger charge is -2.09. The summed E-state index contributed by atoms with van der Waals surface area (Å²) in [6.45, 7) is 3.91. The molecule has 1 atom stereocenters. The highest BCUT2D eigenvalue weighted by Gasteiger charge is 2.13. The summed E-state index contributed by atoms with van der Waals surface area (Å²) in [5, 5.41) is 13.8. The quantitative estimate of drug-likeness (QED) is 0.278. The molecule has 2 amide bonds. The second-order valence-electron chi connectivity index (χ2n) is 7.72. The Balaban J connectivity index is 3.35. The molecule has 164 valence electrons. The molecule has 0 aliphatic rings. The van der Waals surface area contributed by atoms with Crippen LogP contribution >= 0.6 is 0 Å². The van der Waals surface area contributed by atoms with Crippen molar-refractivity contribution in [1.82, 2.24) is 10.6 Å². The van der Waals surface area contributed by atoms with E-state index in [1.165, 1.54) is 77.6 Å². The number of carboxylic acid groups (broad SMARTS) is 1. The lowest BCUT2D eigenvalue weighted by molar-refractivity contribution is -0.141. The van der Waals surface area contributed by atoms with Gasteiger partial charge in [0.2, 0.25) is 11.8 Å². The molecule has 6 heteroatoms. The highest BCUT2D eigenvalue weighted by Crippen LogP contribution is 2.12. The van der Waals surface area contributed by atoms with Crippen LogP contribution in [0.4, 0.5) is 0 Å². The maximum atomic E-state index is 11.7. The van der Waals surface area contributed by atoms with Crippen LogP contribution in [-0.2, 0) is 14.4 Å². The molecule has 0 aromatic carbocycles. The third kappa shape index (κ3) is 17.8. The molecular formula is C22H42N2O4. The van der Waals surface area contributed by atoms with Gasteiger partial charge in [-0.1, -0.05) is 84.0 Å². The number of carbonyl (C=O) groups excluding carboxylic acids is 2. The van der Waals surface area contributed by atoms with Gasteiger partial charge in [-0.3, -0.25) is 14.4 Å². The summed E-state index contributed by atoms with van der Waals surface area (Å²) in [7, 11) is 0. The van der Waals surface area contributed by atoms with E-state index in [4.69, 9.17) is 5.11 Å². The largest absolute Gasteiger partial charge is 0.480 e. The highest BCUT2D eigenvalue weighted by molar-refractivity contribution is 5.83. The monoisotopic (exact) mass is 398 g/mol. The van der Waals surface area contributed by atoms with E-state index in [9.17, 15) is 14.4 Å². The van der Waals surface area contributed by atoms with Crippen molar-refractivity contribution in [3.8, 4) is 0 Å². The fourth-order valence-electron chi connectivity index (χ4n) is 3.08. The average Bonchev–Trinajstić information content (AvgIpc) is 2.65. The second-order valence-corrected chi connectivity index (χ2v) is 7.72. The number of hydrogen-bond donors (Lipinski definition) is 3. The topological polar surface area (TPSA) is 95.5 Å². The number of amides is 2. The lowest BCUT2D eigenvalue weighted by atomic mass is 10.0. The second kappa shape index (κ2) is 18.8. The third-order valence-electron chi connectivity index (χ3n) is 4.93.